The molecular weight excluding hydrogens is 268 g/mol. The van der Waals surface area contributed by atoms with E-state index in [-0.39, 0.29) is 16.2 Å². The third kappa shape index (κ3) is 2.13. The fourth-order valence-electron chi connectivity index (χ4n) is 1.56. The Morgan fingerprint density at radius 3 is 2.68 bits per heavy atom. The van der Waals surface area contributed by atoms with Crippen LogP contribution in [-0.2, 0) is 10.1 Å². The van der Waals surface area contributed by atoms with Crippen LogP contribution in [-0.4, -0.2) is 28.8 Å². The number of nitrogens with zero attached hydrogens (tertiary/aromatic N) is 3. The van der Waals surface area contributed by atoms with Gasteiger partial charge in [-0.15, -0.1) is 5.10 Å². The Morgan fingerprint density at radius 2 is 1.89 bits per heavy atom. The van der Waals surface area contributed by atoms with Gasteiger partial charge in [-0.3, -0.25) is 0 Å². The first kappa shape index (κ1) is 11.6. The number of aromatic nitrogens is 4. The lowest BCUT2D eigenvalue weighted by atomic mass is 10.4. The Morgan fingerprint density at radius 1 is 1.11 bits per heavy atom. The van der Waals surface area contributed by atoms with E-state index in [1.165, 1.54) is 24.4 Å². The average molecular weight is 276 g/mol. The van der Waals surface area contributed by atoms with Crippen LogP contribution in [0.1, 0.15) is 0 Å². The first-order valence-corrected chi connectivity index (χ1v) is 6.73. The van der Waals surface area contributed by atoms with Gasteiger partial charge < -0.3 is 4.18 Å². The third-order valence-electron chi connectivity index (χ3n) is 2.42. The van der Waals surface area contributed by atoms with Gasteiger partial charge in [-0.25, -0.2) is 10.1 Å². The van der Waals surface area contributed by atoms with Crippen molar-refractivity contribution in [2.45, 2.75) is 4.90 Å². The van der Waals surface area contributed by atoms with E-state index in [9.17, 15) is 8.42 Å². The number of aromatic amines is 1. The van der Waals surface area contributed by atoms with Crippen molar-refractivity contribution in [2.24, 2.45) is 0 Å². The van der Waals surface area contributed by atoms with E-state index in [0.29, 0.717) is 5.65 Å². The zero-order valence-corrected chi connectivity index (χ0v) is 10.3. The molecule has 2 heterocycles. The van der Waals surface area contributed by atoms with Crippen LogP contribution in [0.4, 0.5) is 0 Å². The number of benzene rings is 1. The molecule has 96 valence electrons. The monoisotopic (exact) mass is 276 g/mol. The maximum absolute atomic E-state index is 12.1. The minimum Gasteiger partial charge on any atom is -0.376 e. The average Bonchev–Trinajstić information content (AvgIpc) is 2.89. The van der Waals surface area contributed by atoms with Gasteiger partial charge in [0.25, 0.3) is 0 Å². The smallest absolute Gasteiger partial charge is 0.339 e. The Bertz CT molecular complexity index is 814. The molecule has 0 saturated carbocycles. The topological polar surface area (TPSA) is 97.8 Å². The highest BCUT2D eigenvalue weighted by atomic mass is 32.2. The van der Waals surface area contributed by atoms with Crippen LogP contribution in [0.3, 0.4) is 0 Å². The summed E-state index contributed by atoms with van der Waals surface area (Å²) in [5.41, 5.74) is 0.628. The van der Waals surface area contributed by atoms with Crippen molar-refractivity contribution in [1.29, 1.82) is 0 Å². The van der Waals surface area contributed by atoms with Gasteiger partial charge in [0.1, 0.15) is 4.90 Å². The van der Waals surface area contributed by atoms with Gasteiger partial charge in [-0.1, -0.05) is 23.4 Å². The van der Waals surface area contributed by atoms with Gasteiger partial charge in [0.05, 0.1) is 0 Å². The summed E-state index contributed by atoms with van der Waals surface area (Å²) in [4.78, 5) is 4.02. The van der Waals surface area contributed by atoms with E-state index in [2.05, 4.69) is 20.4 Å². The lowest BCUT2D eigenvalue weighted by Crippen LogP contribution is -2.09. The van der Waals surface area contributed by atoms with Crippen LogP contribution in [0.5, 0.6) is 5.75 Å². The number of hydrogen-bond donors (Lipinski definition) is 1. The van der Waals surface area contributed by atoms with Gasteiger partial charge in [-0.05, 0) is 12.1 Å². The molecule has 0 aliphatic heterocycles. The van der Waals surface area contributed by atoms with Crippen LogP contribution in [0.15, 0.2) is 47.5 Å². The van der Waals surface area contributed by atoms with Crippen molar-refractivity contribution in [1.82, 2.24) is 20.4 Å². The van der Waals surface area contributed by atoms with E-state index < -0.39 is 10.1 Å². The molecule has 0 unspecified atom stereocenters. The van der Waals surface area contributed by atoms with Crippen molar-refractivity contribution in [3.63, 3.8) is 0 Å². The fraction of sp³-hybridized carbons (Fsp3) is 0. The van der Waals surface area contributed by atoms with Crippen LogP contribution in [0.2, 0.25) is 0 Å². The molecule has 8 heteroatoms. The highest BCUT2D eigenvalue weighted by molar-refractivity contribution is 7.87. The number of H-pyrrole nitrogens is 1. The molecule has 7 nitrogen and oxygen atoms in total. The maximum atomic E-state index is 12.1. The highest BCUT2D eigenvalue weighted by Crippen LogP contribution is 2.23. The first-order valence-electron chi connectivity index (χ1n) is 5.32. The molecule has 0 saturated heterocycles. The second-order valence-corrected chi connectivity index (χ2v) is 5.21. The molecule has 3 rings (SSSR count). The minimum absolute atomic E-state index is 0.0726. The van der Waals surface area contributed by atoms with E-state index in [4.69, 9.17) is 4.18 Å². The highest BCUT2D eigenvalue weighted by Gasteiger charge is 2.18. The Labute approximate surface area is 108 Å². The summed E-state index contributed by atoms with van der Waals surface area (Å²) in [6.45, 7) is 0. The second kappa shape index (κ2) is 4.32. The fourth-order valence-corrected chi connectivity index (χ4v) is 2.52. The lowest BCUT2D eigenvalue weighted by Gasteiger charge is -2.06. The summed E-state index contributed by atoms with van der Waals surface area (Å²) in [7, 11) is -3.89. The molecule has 1 N–H and O–H groups in total. The Hall–Kier alpha value is -2.48. The summed E-state index contributed by atoms with van der Waals surface area (Å²) < 4.78 is 29.2. The van der Waals surface area contributed by atoms with Crippen LogP contribution < -0.4 is 4.18 Å². The molecule has 19 heavy (non-hydrogen) atoms. The second-order valence-electron chi connectivity index (χ2n) is 3.67. The molecule has 3 aromatic rings. The normalized spacial score (nSPS) is 11.6. The van der Waals surface area contributed by atoms with Gasteiger partial charge in [0, 0.05) is 12.3 Å². The summed E-state index contributed by atoms with van der Waals surface area (Å²) in [5, 5.41) is 9.83. The standard InChI is InChI=1S/C11H8N4O3S/c16-19(17,8-4-2-1-3-5-8)18-9-6-7-12-11-10(9)13-15-14-11/h1-7H,(H,12,13,14,15). The number of fused-ring (bicyclic) bond motifs is 1. The number of nitrogens with one attached hydrogen (secondary N) is 1. The van der Waals surface area contributed by atoms with E-state index in [0.717, 1.165) is 0 Å². The van der Waals surface area contributed by atoms with Crippen LogP contribution in [0.25, 0.3) is 11.2 Å². The zero-order chi connectivity index (χ0) is 13.3. The molecule has 0 spiro atoms. The van der Waals surface area contributed by atoms with Crippen molar-refractivity contribution in [3.8, 4) is 5.75 Å². The molecule has 0 aliphatic carbocycles. The van der Waals surface area contributed by atoms with Gasteiger partial charge in [0.15, 0.2) is 16.9 Å². The van der Waals surface area contributed by atoms with Gasteiger partial charge in [0.2, 0.25) is 0 Å². The Kier molecular flexibility index (Phi) is 2.64. The molecular formula is C11H8N4O3S. The molecule has 0 radical (unpaired) electrons. The molecule has 2 aromatic heterocycles. The van der Waals surface area contributed by atoms with E-state index in [1.54, 1.807) is 18.2 Å². The minimum atomic E-state index is -3.89. The van der Waals surface area contributed by atoms with Gasteiger partial charge >= 0.3 is 10.1 Å². The quantitative estimate of drug-likeness (QED) is 0.720. The molecule has 0 atom stereocenters. The van der Waals surface area contributed by atoms with Crippen LogP contribution in [0, 0.1) is 0 Å². The summed E-state index contributed by atoms with van der Waals surface area (Å²) in [5.74, 6) is 0.0857. The van der Waals surface area contributed by atoms with Crippen molar-refractivity contribution < 1.29 is 12.6 Å². The molecule has 0 amide bonds. The molecule has 0 bridgehead atoms. The van der Waals surface area contributed by atoms with Gasteiger partial charge in [-0.2, -0.15) is 8.42 Å². The third-order valence-corrected chi connectivity index (χ3v) is 3.67. The lowest BCUT2D eigenvalue weighted by molar-refractivity contribution is 0.488. The zero-order valence-electron chi connectivity index (χ0n) is 9.52. The summed E-state index contributed by atoms with van der Waals surface area (Å²) >= 11 is 0. The summed E-state index contributed by atoms with van der Waals surface area (Å²) in [6.07, 6.45) is 1.41. The van der Waals surface area contributed by atoms with Crippen molar-refractivity contribution in [2.75, 3.05) is 0 Å². The van der Waals surface area contributed by atoms with E-state index in [1.807, 2.05) is 0 Å². The maximum Gasteiger partial charge on any atom is 0.339 e. The Balaban J connectivity index is 2.04. The van der Waals surface area contributed by atoms with E-state index >= 15 is 0 Å². The molecule has 0 aliphatic rings. The van der Waals surface area contributed by atoms with Crippen molar-refractivity contribution >= 4 is 21.3 Å². The predicted molar refractivity (Wildman–Crippen MR) is 65.9 cm³/mol. The predicted octanol–water partition coefficient (Wildman–Crippen LogP) is 1.12. The summed E-state index contributed by atoms with van der Waals surface area (Å²) in [6, 6.07) is 9.29. The SMILES string of the molecule is O=S(=O)(Oc1ccnc2[nH]nnc12)c1ccccc1. The largest absolute Gasteiger partial charge is 0.376 e. The van der Waals surface area contributed by atoms with Crippen molar-refractivity contribution in [3.05, 3.63) is 42.6 Å². The molecule has 0 fully saturated rings. The first-order chi connectivity index (χ1) is 9.17. The number of hydrogen-bond acceptors (Lipinski definition) is 6. The van der Waals surface area contributed by atoms with Crippen LogP contribution >= 0.6 is 0 Å². The number of rotatable bonds is 3. The number of pyridine rings is 1. The molecule has 1 aromatic carbocycles.